The van der Waals surface area contributed by atoms with Gasteiger partial charge in [0.1, 0.15) is 12.4 Å². The van der Waals surface area contributed by atoms with E-state index in [1.54, 1.807) is 18.3 Å². The molecule has 2 aromatic heterocycles. The smallest absolute Gasteiger partial charge is 0.336 e. The summed E-state index contributed by atoms with van der Waals surface area (Å²) in [5.74, 6) is 1.28. The molecule has 0 saturated carbocycles. The van der Waals surface area contributed by atoms with Crippen LogP contribution in [0, 0.1) is 5.92 Å². The number of tetrazole rings is 1. The van der Waals surface area contributed by atoms with Gasteiger partial charge in [-0.05, 0) is 51.7 Å². The maximum atomic E-state index is 13.1. The fourth-order valence-corrected chi connectivity index (χ4v) is 3.73. The molecule has 0 N–H and O–H groups in total. The molecule has 4 aromatic rings. The normalized spacial score (nSPS) is 12.3. The molecule has 4 rings (SSSR count). The fourth-order valence-electron chi connectivity index (χ4n) is 3.73. The van der Waals surface area contributed by atoms with Crippen molar-refractivity contribution in [3.63, 3.8) is 0 Å². The molecule has 0 saturated heterocycles. The van der Waals surface area contributed by atoms with Crippen molar-refractivity contribution in [3.05, 3.63) is 89.7 Å². The maximum absolute atomic E-state index is 13.1. The van der Waals surface area contributed by atoms with E-state index >= 15 is 0 Å². The predicted molar refractivity (Wildman–Crippen MR) is 116 cm³/mol. The van der Waals surface area contributed by atoms with Gasteiger partial charge in [0.25, 0.3) is 0 Å². The second kappa shape index (κ2) is 9.64. The van der Waals surface area contributed by atoms with Crippen LogP contribution >= 0.6 is 0 Å². The van der Waals surface area contributed by atoms with Crippen molar-refractivity contribution in [2.45, 2.75) is 32.9 Å². The van der Waals surface area contributed by atoms with Gasteiger partial charge in [-0.15, -0.1) is 5.10 Å². The van der Waals surface area contributed by atoms with Gasteiger partial charge < -0.3 is 4.74 Å². The molecular weight excluding hydrogens is 412 g/mol. The molecule has 2 heterocycles. The Hall–Kier alpha value is -3.68. The Morgan fingerprint density at radius 2 is 1.59 bits per heavy atom. The number of ether oxygens (including phenoxy) is 1. The van der Waals surface area contributed by atoms with E-state index in [0.717, 1.165) is 22.6 Å². The summed E-state index contributed by atoms with van der Waals surface area (Å²) in [6.45, 7) is 1.93. The molecule has 1 unspecified atom stereocenters. The highest BCUT2D eigenvalue weighted by Gasteiger charge is 2.20. The molecule has 0 bridgehead atoms. The van der Waals surface area contributed by atoms with E-state index in [1.165, 1.54) is 0 Å². The highest BCUT2D eigenvalue weighted by Crippen LogP contribution is 2.34. The molecule has 32 heavy (non-hydrogen) atoms. The van der Waals surface area contributed by atoms with Crippen molar-refractivity contribution >= 4 is 0 Å². The second-order valence-electron chi connectivity index (χ2n) is 7.75. The summed E-state index contributed by atoms with van der Waals surface area (Å²) in [6, 6.07) is 21.2. The third-order valence-electron chi connectivity index (χ3n) is 5.22. The lowest BCUT2D eigenvalue weighted by Gasteiger charge is -2.22. The van der Waals surface area contributed by atoms with E-state index in [2.05, 4.69) is 46.5 Å². The Morgan fingerprint density at radius 3 is 2.19 bits per heavy atom. The van der Waals surface area contributed by atoms with Crippen LogP contribution in [0.15, 0.2) is 72.9 Å². The van der Waals surface area contributed by atoms with Crippen LogP contribution in [0.3, 0.4) is 0 Å². The van der Waals surface area contributed by atoms with E-state index in [1.807, 2.05) is 42.5 Å². The summed E-state index contributed by atoms with van der Waals surface area (Å²) in [7, 11) is 0. The van der Waals surface area contributed by atoms with Crippen molar-refractivity contribution in [1.29, 1.82) is 0 Å². The summed E-state index contributed by atoms with van der Waals surface area (Å²) >= 11 is 0. The first-order valence-corrected chi connectivity index (χ1v) is 10.3. The van der Waals surface area contributed by atoms with Gasteiger partial charge in [0.2, 0.25) is 0 Å². The molecule has 0 radical (unpaired) electrons. The van der Waals surface area contributed by atoms with Crippen molar-refractivity contribution in [1.82, 2.24) is 25.2 Å². The van der Waals surface area contributed by atoms with Gasteiger partial charge in [-0.2, -0.15) is 13.5 Å². The van der Waals surface area contributed by atoms with Crippen molar-refractivity contribution in [2.24, 2.45) is 5.92 Å². The molecule has 0 spiro atoms. The SMILES string of the molecule is CC(C)C(c1ccc(OCc2ccccn2)cc1)c1ccc(-c2nnnn2C(F)F)cc1. The van der Waals surface area contributed by atoms with Crippen LogP contribution in [0.5, 0.6) is 5.75 Å². The number of benzene rings is 2. The number of hydrogen-bond donors (Lipinski definition) is 0. The molecule has 8 heteroatoms. The lowest BCUT2D eigenvalue weighted by molar-refractivity contribution is 0.0564. The van der Waals surface area contributed by atoms with Gasteiger partial charge in [-0.1, -0.05) is 56.3 Å². The van der Waals surface area contributed by atoms with Crippen LogP contribution in [0.25, 0.3) is 11.4 Å². The zero-order chi connectivity index (χ0) is 22.5. The van der Waals surface area contributed by atoms with E-state index in [9.17, 15) is 8.78 Å². The topological polar surface area (TPSA) is 65.7 Å². The fraction of sp³-hybridized carbons (Fsp3) is 0.250. The molecule has 0 amide bonds. The van der Waals surface area contributed by atoms with Crippen molar-refractivity contribution in [3.8, 4) is 17.1 Å². The predicted octanol–water partition coefficient (Wildman–Crippen LogP) is 5.50. The first-order chi connectivity index (χ1) is 15.5. The average Bonchev–Trinajstić information content (AvgIpc) is 3.30. The van der Waals surface area contributed by atoms with Gasteiger partial charge in [0.15, 0.2) is 5.82 Å². The second-order valence-corrected chi connectivity index (χ2v) is 7.75. The molecule has 0 aliphatic carbocycles. The summed E-state index contributed by atoms with van der Waals surface area (Å²) in [5, 5.41) is 10.4. The van der Waals surface area contributed by atoms with E-state index in [0.29, 0.717) is 22.8 Å². The van der Waals surface area contributed by atoms with Crippen LogP contribution in [0.4, 0.5) is 8.78 Å². The number of alkyl halides is 2. The summed E-state index contributed by atoms with van der Waals surface area (Å²) < 4.78 is 32.5. The Labute approximate surface area is 184 Å². The number of halogens is 2. The third-order valence-corrected chi connectivity index (χ3v) is 5.22. The molecule has 1 atom stereocenters. The standard InChI is InChI=1S/C24H23F2N5O/c1-16(2)22(17-6-8-19(9-7-17)23-28-29-30-31(23)24(25)26)18-10-12-21(13-11-18)32-15-20-5-3-4-14-27-20/h3-14,16,22,24H,15H2,1-2H3. The number of nitrogens with zero attached hydrogens (tertiary/aromatic N) is 5. The van der Waals surface area contributed by atoms with Crippen LogP contribution in [-0.2, 0) is 6.61 Å². The monoisotopic (exact) mass is 435 g/mol. The number of hydrogen-bond acceptors (Lipinski definition) is 5. The Balaban J connectivity index is 1.51. The highest BCUT2D eigenvalue weighted by molar-refractivity contribution is 5.55. The third kappa shape index (κ3) is 4.80. The van der Waals surface area contributed by atoms with Gasteiger partial charge in [0.05, 0.1) is 5.69 Å². The van der Waals surface area contributed by atoms with E-state index in [4.69, 9.17) is 4.74 Å². The summed E-state index contributed by atoms with van der Waals surface area (Å²) in [6.07, 6.45) is 1.74. The minimum absolute atomic E-state index is 0.0436. The average molecular weight is 435 g/mol. The maximum Gasteiger partial charge on any atom is 0.336 e. The van der Waals surface area contributed by atoms with Gasteiger partial charge in [-0.3, -0.25) is 4.98 Å². The largest absolute Gasteiger partial charge is 0.487 e. The number of aromatic nitrogens is 5. The quantitative estimate of drug-likeness (QED) is 0.366. The van der Waals surface area contributed by atoms with Crippen LogP contribution in [-0.4, -0.2) is 25.2 Å². The zero-order valence-corrected chi connectivity index (χ0v) is 17.8. The van der Waals surface area contributed by atoms with Crippen molar-refractivity contribution < 1.29 is 13.5 Å². The summed E-state index contributed by atoms with van der Waals surface area (Å²) in [4.78, 5) is 4.26. The Morgan fingerprint density at radius 1 is 0.906 bits per heavy atom. The van der Waals surface area contributed by atoms with Crippen molar-refractivity contribution in [2.75, 3.05) is 0 Å². The van der Waals surface area contributed by atoms with Crippen LogP contribution in [0.2, 0.25) is 0 Å². The molecule has 0 aliphatic heterocycles. The Kier molecular flexibility index (Phi) is 6.49. The summed E-state index contributed by atoms with van der Waals surface area (Å²) in [5.41, 5.74) is 3.65. The van der Waals surface area contributed by atoms with Gasteiger partial charge >= 0.3 is 6.55 Å². The first-order valence-electron chi connectivity index (χ1n) is 10.3. The molecule has 0 fully saturated rings. The van der Waals surface area contributed by atoms with Gasteiger partial charge in [-0.25, -0.2) is 0 Å². The molecular formula is C24H23F2N5O. The lowest BCUT2D eigenvalue weighted by Crippen LogP contribution is -2.09. The van der Waals surface area contributed by atoms with E-state index < -0.39 is 6.55 Å². The first kappa shape index (κ1) is 21.5. The number of rotatable bonds is 8. The van der Waals surface area contributed by atoms with Crippen LogP contribution in [0.1, 0.15) is 43.1 Å². The lowest BCUT2D eigenvalue weighted by atomic mass is 9.82. The molecule has 0 aliphatic rings. The van der Waals surface area contributed by atoms with E-state index in [-0.39, 0.29) is 11.7 Å². The van der Waals surface area contributed by atoms with Crippen LogP contribution < -0.4 is 4.74 Å². The molecule has 2 aromatic carbocycles. The number of pyridine rings is 1. The minimum Gasteiger partial charge on any atom is -0.487 e. The highest BCUT2D eigenvalue weighted by atomic mass is 19.3. The molecule has 164 valence electrons. The Bertz CT molecular complexity index is 1130. The van der Waals surface area contributed by atoms with Gasteiger partial charge in [0, 0.05) is 17.7 Å². The zero-order valence-electron chi connectivity index (χ0n) is 17.8. The minimum atomic E-state index is -2.79. The molecule has 6 nitrogen and oxygen atoms in total.